The average Bonchev–Trinajstić information content (AvgIpc) is 3.32. The fraction of sp³-hybridized carbons (Fsp3) is 0.867. The molecule has 3 N–H and O–H groups in total. The lowest BCUT2D eigenvalue weighted by Crippen LogP contribution is -2.45. The topological polar surface area (TPSA) is 95.9 Å². The number of hydrogen-bond acceptors (Lipinski definition) is 5. The van der Waals surface area contributed by atoms with Gasteiger partial charge in [-0.2, -0.15) is 0 Å². The number of esters is 1. The molecule has 6 heteroatoms. The Labute approximate surface area is 411 Å². The van der Waals surface area contributed by atoms with Crippen LogP contribution in [-0.2, 0) is 14.3 Å². The van der Waals surface area contributed by atoms with Crippen LogP contribution in [0.25, 0.3) is 0 Å². The van der Waals surface area contributed by atoms with Crippen LogP contribution in [0.3, 0.4) is 0 Å². The third-order valence-electron chi connectivity index (χ3n) is 13.4. The molecule has 0 aliphatic heterocycles. The van der Waals surface area contributed by atoms with E-state index in [0.29, 0.717) is 19.4 Å². The van der Waals surface area contributed by atoms with Crippen LogP contribution in [0, 0.1) is 0 Å². The Bertz CT molecular complexity index is 1070. The van der Waals surface area contributed by atoms with Gasteiger partial charge in [0.25, 0.3) is 0 Å². The van der Waals surface area contributed by atoms with E-state index in [4.69, 9.17) is 4.74 Å². The highest BCUT2D eigenvalue weighted by atomic mass is 16.5. The van der Waals surface area contributed by atoms with Gasteiger partial charge in [-0.3, -0.25) is 9.59 Å². The average molecular weight is 929 g/mol. The third kappa shape index (κ3) is 51.5. The second-order valence-corrected chi connectivity index (χ2v) is 20.0. The van der Waals surface area contributed by atoms with Crippen LogP contribution in [0.4, 0.5) is 0 Å². The zero-order valence-corrected chi connectivity index (χ0v) is 44.2. The summed E-state index contributed by atoms with van der Waals surface area (Å²) in [6.45, 7) is 4.78. The van der Waals surface area contributed by atoms with Crippen molar-refractivity contribution >= 4 is 11.9 Å². The number of ether oxygens (including phenoxy) is 1. The molecule has 0 heterocycles. The van der Waals surface area contributed by atoms with Gasteiger partial charge in [0.05, 0.1) is 25.4 Å². The lowest BCUT2D eigenvalue weighted by atomic mass is 10.0. The zero-order valence-electron chi connectivity index (χ0n) is 44.2. The van der Waals surface area contributed by atoms with Crippen molar-refractivity contribution in [2.24, 2.45) is 0 Å². The molecule has 0 radical (unpaired) electrons. The molecule has 6 nitrogen and oxygen atoms in total. The van der Waals surface area contributed by atoms with Crippen LogP contribution in [0.1, 0.15) is 309 Å². The molecule has 0 aliphatic rings. The predicted octanol–water partition coefficient (Wildman–Crippen LogP) is 18.0. The van der Waals surface area contributed by atoms with Gasteiger partial charge >= 0.3 is 5.97 Å². The molecular weight excluding hydrogens is 815 g/mol. The molecule has 1 amide bonds. The molecule has 0 aromatic rings. The van der Waals surface area contributed by atoms with Crippen LogP contribution in [0.5, 0.6) is 0 Å². The van der Waals surface area contributed by atoms with Crippen molar-refractivity contribution in [2.45, 2.75) is 321 Å². The molecule has 0 spiro atoms. The van der Waals surface area contributed by atoms with Crippen molar-refractivity contribution in [3.63, 3.8) is 0 Å². The van der Waals surface area contributed by atoms with Gasteiger partial charge in [0.1, 0.15) is 0 Å². The number of nitrogens with one attached hydrogen (secondary N) is 1. The van der Waals surface area contributed by atoms with Gasteiger partial charge < -0.3 is 20.3 Å². The van der Waals surface area contributed by atoms with Gasteiger partial charge in [-0.25, -0.2) is 0 Å². The highest BCUT2D eigenvalue weighted by Gasteiger charge is 2.18. The third-order valence-corrected chi connectivity index (χ3v) is 13.4. The first-order valence-electron chi connectivity index (χ1n) is 29.3. The molecule has 0 aromatic carbocycles. The molecule has 0 saturated carbocycles. The van der Waals surface area contributed by atoms with E-state index < -0.39 is 12.1 Å². The highest BCUT2D eigenvalue weighted by Crippen LogP contribution is 2.17. The van der Waals surface area contributed by atoms with Crippen LogP contribution in [0.15, 0.2) is 36.5 Å². The summed E-state index contributed by atoms with van der Waals surface area (Å²) >= 11 is 0. The van der Waals surface area contributed by atoms with E-state index in [0.717, 1.165) is 51.4 Å². The number of hydrogen-bond donors (Lipinski definition) is 3. The maximum absolute atomic E-state index is 12.4. The number of aliphatic hydroxyl groups excluding tert-OH is 2. The molecule has 0 saturated heterocycles. The van der Waals surface area contributed by atoms with E-state index in [2.05, 4.69) is 43.5 Å². The maximum Gasteiger partial charge on any atom is 0.305 e. The lowest BCUT2D eigenvalue weighted by molar-refractivity contribution is -0.143. The molecule has 0 fully saturated rings. The Morgan fingerprint density at radius 2 is 0.758 bits per heavy atom. The first-order chi connectivity index (χ1) is 32.5. The fourth-order valence-electron chi connectivity index (χ4n) is 8.94. The first-order valence-corrected chi connectivity index (χ1v) is 29.3. The number of allylic oxidation sites excluding steroid dienone is 4. The predicted molar refractivity (Wildman–Crippen MR) is 287 cm³/mol. The number of carbonyl (C=O) groups excluding carboxylic acids is 2. The largest absolute Gasteiger partial charge is 0.465 e. The number of rotatable bonds is 54. The smallest absolute Gasteiger partial charge is 0.305 e. The van der Waals surface area contributed by atoms with Gasteiger partial charge in [-0.15, -0.1) is 0 Å². The summed E-state index contributed by atoms with van der Waals surface area (Å²) in [6.07, 6.45) is 69.2. The van der Waals surface area contributed by atoms with Crippen molar-refractivity contribution in [1.29, 1.82) is 0 Å². The minimum Gasteiger partial charge on any atom is -0.465 e. The maximum atomic E-state index is 12.4. The molecule has 66 heavy (non-hydrogen) atoms. The van der Waals surface area contributed by atoms with E-state index in [1.165, 1.54) is 231 Å². The second-order valence-electron chi connectivity index (χ2n) is 20.0. The van der Waals surface area contributed by atoms with Crippen molar-refractivity contribution in [2.75, 3.05) is 13.2 Å². The van der Waals surface area contributed by atoms with Crippen molar-refractivity contribution in [3.8, 4) is 0 Å². The Morgan fingerprint density at radius 1 is 0.424 bits per heavy atom. The molecular formula is C60H113NO5. The standard InChI is InChI=1S/C60H113NO5/c1-3-5-7-9-11-13-14-15-16-17-21-25-28-31-34-38-42-46-50-54-60(65)66-55-51-47-43-39-35-32-29-26-23-20-18-19-22-24-27-30-33-37-41-45-49-53-59(64)61-57(56-62)58(63)52-48-44-40-36-12-10-8-6-4-2/h32,35,43,47-48,52,57-58,62-63H,3-31,33-34,36-42,44-46,49-51,53-56H2,1-2H3,(H,61,64)/b35-32-,47-43-,52-48+. The minimum atomic E-state index is -0.846. The van der Waals surface area contributed by atoms with Crippen LogP contribution < -0.4 is 5.32 Å². The van der Waals surface area contributed by atoms with Gasteiger partial charge in [0.15, 0.2) is 0 Å². The minimum absolute atomic E-state index is 0.0315. The monoisotopic (exact) mass is 928 g/mol. The SMILES string of the molecule is CCCCCCCCC/C=C/C(O)C(CO)NC(=O)CCCCCCCCCCCCCCCC/C=C\C/C=C\CCOC(=O)CCCCCCCCCCCCCCCCCCCCC. The van der Waals surface area contributed by atoms with Crippen molar-refractivity contribution in [3.05, 3.63) is 36.5 Å². The van der Waals surface area contributed by atoms with E-state index in [1.54, 1.807) is 6.08 Å². The van der Waals surface area contributed by atoms with E-state index >= 15 is 0 Å². The van der Waals surface area contributed by atoms with Gasteiger partial charge in [0.2, 0.25) is 5.91 Å². The molecule has 0 aromatic heterocycles. The Balaban J connectivity index is 3.42. The number of unbranched alkanes of at least 4 members (excludes halogenated alkanes) is 39. The number of aliphatic hydroxyl groups is 2. The molecule has 0 aliphatic carbocycles. The summed E-state index contributed by atoms with van der Waals surface area (Å²) in [5.74, 6) is -0.107. The normalized spacial score (nSPS) is 12.8. The Morgan fingerprint density at radius 3 is 1.15 bits per heavy atom. The summed E-state index contributed by atoms with van der Waals surface area (Å²) in [7, 11) is 0. The quantitative estimate of drug-likeness (QED) is 0.0321. The highest BCUT2D eigenvalue weighted by molar-refractivity contribution is 5.76. The zero-order chi connectivity index (χ0) is 47.9. The fourth-order valence-corrected chi connectivity index (χ4v) is 8.94. The summed E-state index contributed by atoms with van der Waals surface area (Å²) in [5.41, 5.74) is 0. The molecule has 2 unspecified atom stereocenters. The molecule has 0 rings (SSSR count). The summed E-state index contributed by atoms with van der Waals surface area (Å²) in [5, 5.41) is 22.9. The summed E-state index contributed by atoms with van der Waals surface area (Å²) in [4.78, 5) is 24.4. The number of carbonyl (C=O) groups is 2. The first kappa shape index (κ1) is 64.1. The van der Waals surface area contributed by atoms with Crippen LogP contribution in [0.2, 0.25) is 0 Å². The molecule has 2 atom stereocenters. The second kappa shape index (κ2) is 55.7. The summed E-state index contributed by atoms with van der Waals surface area (Å²) < 4.78 is 5.43. The van der Waals surface area contributed by atoms with E-state index in [-0.39, 0.29) is 18.5 Å². The van der Waals surface area contributed by atoms with E-state index in [9.17, 15) is 19.8 Å². The molecule has 388 valence electrons. The molecule has 0 bridgehead atoms. The lowest BCUT2D eigenvalue weighted by Gasteiger charge is -2.20. The van der Waals surface area contributed by atoms with Crippen LogP contribution in [-0.4, -0.2) is 47.4 Å². The van der Waals surface area contributed by atoms with Gasteiger partial charge in [-0.1, -0.05) is 281 Å². The van der Waals surface area contributed by atoms with Crippen molar-refractivity contribution in [1.82, 2.24) is 5.32 Å². The Kier molecular flexibility index (Phi) is 54.1. The Hall–Kier alpha value is -1.92. The van der Waals surface area contributed by atoms with E-state index in [1.807, 2.05) is 6.08 Å². The van der Waals surface area contributed by atoms with Gasteiger partial charge in [-0.05, 0) is 51.4 Å². The van der Waals surface area contributed by atoms with Crippen molar-refractivity contribution < 1.29 is 24.5 Å². The number of amides is 1. The summed E-state index contributed by atoms with van der Waals surface area (Å²) in [6, 6.07) is -0.630. The van der Waals surface area contributed by atoms with Crippen LogP contribution >= 0.6 is 0 Å². The van der Waals surface area contributed by atoms with Gasteiger partial charge in [0, 0.05) is 12.8 Å².